The van der Waals surface area contributed by atoms with Crippen molar-refractivity contribution in [3.05, 3.63) is 30.1 Å². The third-order valence-electron chi connectivity index (χ3n) is 3.66. The van der Waals surface area contributed by atoms with Gasteiger partial charge < -0.3 is 15.3 Å². The van der Waals surface area contributed by atoms with Gasteiger partial charge in [0.05, 0.1) is 11.6 Å². The Labute approximate surface area is 122 Å². The van der Waals surface area contributed by atoms with Crippen LogP contribution in [0.15, 0.2) is 24.3 Å². The van der Waals surface area contributed by atoms with Crippen LogP contribution in [0.1, 0.15) is 19.3 Å². The van der Waals surface area contributed by atoms with Gasteiger partial charge in [-0.1, -0.05) is 12.1 Å². The van der Waals surface area contributed by atoms with Crippen LogP contribution in [-0.2, 0) is 9.59 Å². The van der Waals surface area contributed by atoms with Crippen molar-refractivity contribution in [3.8, 4) is 0 Å². The minimum atomic E-state index is -0.782. The molecule has 1 heterocycles. The van der Waals surface area contributed by atoms with E-state index in [4.69, 9.17) is 5.11 Å². The lowest BCUT2D eigenvalue weighted by atomic mass is 9.98. The first-order chi connectivity index (χ1) is 10.1. The van der Waals surface area contributed by atoms with Crippen LogP contribution in [0.3, 0.4) is 0 Å². The number of carboxylic acid groups (broad SMARTS) is 1. The van der Waals surface area contributed by atoms with Crippen molar-refractivity contribution in [2.75, 3.05) is 25.0 Å². The zero-order chi connectivity index (χ0) is 15.2. The van der Waals surface area contributed by atoms with Crippen LogP contribution in [-0.4, -0.2) is 41.5 Å². The van der Waals surface area contributed by atoms with Gasteiger partial charge >= 0.3 is 5.97 Å². The van der Waals surface area contributed by atoms with Crippen molar-refractivity contribution in [2.24, 2.45) is 5.92 Å². The number of carbonyl (C=O) groups excluding carboxylic acids is 1. The Morgan fingerprint density at radius 3 is 2.86 bits per heavy atom. The largest absolute Gasteiger partial charge is 0.481 e. The summed E-state index contributed by atoms with van der Waals surface area (Å²) in [5.41, 5.74) is 0.171. The molecule has 1 aromatic rings. The lowest BCUT2D eigenvalue weighted by molar-refractivity contribution is -0.143. The zero-order valence-electron chi connectivity index (χ0n) is 11.7. The monoisotopic (exact) mass is 294 g/mol. The van der Waals surface area contributed by atoms with Crippen LogP contribution in [0.2, 0.25) is 0 Å². The van der Waals surface area contributed by atoms with E-state index in [2.05, 4.69) is 5.32 Å². The molecule has 114 valence electrons. The Morgan fingerprint density at radius 2 is 2.14 bits per heavy atom. The predicted octanol–water partition coefficient (Wildman–Crippen LogP) is 1.95. The minimum absolute atomic E-state index is 0.171. The first-order valence-corrected chi connectivity index (χ1v) is 7.06. The van der Waals surface area contributed by atoms with Gasteiger partial charge in [-0.05, 0) is 31.5 Å². The number of rotatable bonds is 5. The number of nitrogens with zero attached hydrogens (tertiary/aromatic N) is 1. The Hall–Kier alpha value is -1.95. The average molecular weight is 294 g/mol. The van der Waals surface area contributed by atoms with Gasteiger partial charge in [0.1, 0.15) is 5.82 Å². The number of likely N-dealkylation sites (tertiary alicyclic amines) is 1. The number of carboxylic acids is 1. The van der Waals surface area contributed by atoms with E-state index in [1.807, 2.05) is 4.90 Å². The molecule has 0 spiro atoms. The van der Waals surface area contributed by atoms with Crippen molar-refractivity contribution in [1.82, 2.24) is 4.90 Å². The van der Waals surface area contributed by atoms with Gasteiger partial charge in [0, 0.05) is 19.5 Å². The fourth-order valence-electron chi connectivity index (χ4n) is 2.50. The molecule has 0 saturated carbocycles. The summed E-state index contributed by atoms with van der Waals surface area (Å²) in [6, 6.07) is 6.01. The molecule has 0 aromatic heterocycles. The first kappa shape index (κ1) is 15.4. The van der Waals surface area contributed by atoms with Gasteiger partial charge in [-0.2, -0.15) is 0 Å². The highest BCUT2D eigenvalue weighted by atomic mass is 19.1. The van der Waals surface area contributed by atoms with Gasteiger partial charge in [0.15, 0.2) is 0 Å². The SMILES string of the molecule is O=C(CCN1CCCC(C(=O)O)C1)Nc1ccccc1F. The molecule has 1 saturated heterocycles. The van der Waals surface area contributed by atoms with Gasteiger partial charge in [-0.3, -0.25) is 9.59 Å². The summed E-state index contributed by atoms with van der Waals surface area (Å²) >= 11 is 0. The molecule has 0 bridgehead atoms. The molecule has 1 atom stereocenters. The fraction of sp³-hybridized carbons (Fsp3) is 0.467. The smallest absolute Gasteiger partial charge is 0.307 e. The van der Waals surface area contributed by atoms with E-state index in [1.54, 1.807) is 12.1 Å². The second-order valence-electron chi connectivity index (χ2n) is 5.26. The molecule has 1 unspecified atom stereocenters. The molecular formula is C15H19FN2O3. The summed E-state index contributed by atoms with van der Waals surface area (Å²) in [6.07, 6.45) is 1.74. The molecule has 21 heavy (non-hydrogen) atoms. The molecule has 1 aliphatic rings. The van der Waals surface area contributed by atoms with Crippen molar-refractivity contribution >= 4 is 17.6 Å². The average Bonchev–Trinajstić information content (AvgIpc) is 2.48. The topological polar surface area (TPSA) is 69.6 Å². The molecule has 1 fully saturated rings. The number of para-hydroxylation sites is 1. The fourth-order valence-corrected chi connectivity index (χ4v) is 2.50. The maximum Gasteiger partial charge on any atom is 0.307 e. The second kappa shape index (κ2) is 7.17. The summed E-state index contributed by atoms with van der Waals surface area (Å²) in [6.45, 7) is 1.77. The highest BCUT2D eigenvalue weighted by molar-refractivity contribution is 5.90. The number of halogens is 1. The maximum atomic E-state index is 13.4. The van der Waals surface area contributed by atoms with E-state index in [0.717, 1.165) is 13.0 Å². The van der Waals surface area contributed by atoms with Crippen LogP contribution in [0.4, 0.5) is 10.1 Å². The molecule has 1 aromatic carbocycles. The zero-order valence-corrected chi connectivity index (χ0v) is 11.7. The molecular weight excluding hydrogens is 275 g/mol. The number of amides is 1. The highest BCUT2D eigenvalue weighted by Crippen LogP contribution is 2.17. The number of hydrogen-bond acceptors (Lipinski definition) is 3. The Kier molecular flexibility index (Phi) is 5.27. The van der Waals surface area contributed by atoms with Crippen LogP contribution < -0.4 is 5.32 Å². The number of carbonyl (C=O) groups is 2. The number of hydrogen-bond donors (Lipinski definition) is 2. The quantitative estimate of drug-likeness (QED) is 0.871. The number of nitrogens with one attached hydrogen (secondary N) is 1. The van der Waals surface area contributed by atoms with Gasteiger partial charge in [-0.25, -0.2) is 4.39 Å². The van der Waals surface area contributed by atoms with Crippen molar-refractivity contribution in [3.63, 3.8) is 0 Å². The molecule has 0 radical (unpaired) electrons. The van der Waals surface area contributed by atoms with E-state index >= 15 is 0 Å². The van der Waals surface area contributed by atoms with E-state index in [1.165, 1.54) is 12.1 Å². The molecule has 2 rings (SSSR count). The molecule has 6 heteroatoms. The van der Waals surface area contributed by atoms with Gasteiger partial charge in [-0.15, -0.1) is 0 Å². The number of anilines is 1. The van der Waals surface area contributed by atoms with E-state index in [-0.39, 0.29) is 23.9 Å². The summed E-state index contributed by atoms with van der Waals surface area (Å²) in [4.78, 5) is 24.7. The standard InChI is InChI=1S/C15H19FN2O3/c16-12-5-1-2-6-13(12)17-14(19)7-9-18-8-3-4-11(10-18)15(20)21/h1-2,5-6,11H,3-4,7-10H2,(H,17,19)(H,20,21). The summed E-state index contributed by atoms with van der Waals surface area (Å²) in [5.74, 6) is -1.86. The first-order valence-electron chi connectivity index (χ1n) is 7.06. The summed E-state index contributed by atoms with van der Waals surface area (Å²) in [7, 11) is 0. The molecule has 5 nitrogen and oxygen atoms in total. The van der Waals surface area contributed by atoms with E-state index in [0.29, 0.717) is 19.5 Å². The lowest BCUT2D eigenvalue weighted by Crippen LogP contribution is -2.40. The maximum absolute atomic E-state index is 13.4. The lowest BCUT2D eigenvalue weighted by Gasteiger charge is -2.30. The number of benzene rings is 1. The van der Waals surface area contributed by atoms with Crippen molar-refractivity contribution < 1.29 is 19.1 Å². The third-order valence-corrected chi connectivity index (χ3v) is 3.66. The van der Waals surface area contributed by atoms with E-state index in [9.17, 15) is 14.0 Å². The van der Waals surface area contributed by atoms with Crippen LogP contribution >= 0.6 is 0 Å². The van der Waals surface area contributed by atoms with Crippen LogP contribution in [0, 0.1) is 11.7 Å². The van der Waals surface area contributed by atoms with E-state index < -0.39 is 11.8 Å². The normalized spacial score (nSPS) is 19.2. The van der Waals surface area contributed by atoms with Gasteiger partial charge in [0.25, 0.3) is 0 Å². The minimum Gasteiger partial charge on any atom is -0.481 e. The molecule has 1 aliphatic heterocycles. The van der Waals surface area contributed by atoms with Crippen LogP contribution in [0.5, 0.6) is 0 Å². The Bertz CT molecular complexity index is 521. The summed E-state index contributed by atoms with van der Waals surface area (Å²) in [5, 5.41) is 11.5. The number of piperidine rings is 1. The van der Waals surface area contributed by atoms with Crippen molar-refractivity contribution in [2.45, 2.75) is 19.3 Å². The summed E-state index contributed by atoms with van der Waals surface area (Å²) < 4.78 is 13.4. The van der Waals surface area contributed by atoms with Crippen LogP contribution in [0.25, 0.3) is 0 Å². The second-order valence-corrected chi connectivity index (χ2v) is 5.26. The van der Waals surface area contributed by atoms with Gasteiger partial charge in [0.2, 0.25) is 5.91 Å². The molecule has 2 N–H and O–H groups in total. The highest BCUT2D eigenvalue weighted by Gasteiger charge is 2.25. The molecule has 0 aliphatic carbocycles. The molecule has 1 amide bonds. The van der Waals surface area contributed by atoms with Crippen molar-refractivity contribution in [1.29, 1.82) is 0 Å². The number of aliphatic carboxylic acids is 1. The predicted molar refractivity (Wildman–Crippen MR) is 76.4 cm³/mol. The Balaban J connectivity index is 1.79. The Morgan fingerprint density at radius 1 is 1.38 bits per heavy atom. The third kappa shape index (κ3) is 4.53.